The first-order valence-electron chi connectivity index (χ1n) is 5.69. The Balaban J connectivity index is 1.96. The van der Waals surface area contributed by atoms with Crippen molar-refractivity contribution in [1.29, 1.82) is 5.26 Å². The zero-order chi connectivity index (χ0) is 10.3. The molecule has 0 unspecified atom stereocenters. The summed E-state index contributed by atoms with van der Waals surface area (Å²) in [5.74, 6) is 0.959. The number of rotatable bonds is 1. The normalized spacial score (nSPS) is 32.9. The van der Waals surface area contributed by atoms with Crippen LogP contribution in [0.5, 0.6) is 0 Å². The maximum absolute atomic E-state index is 8.77. The van der Waals surface area contributed by atoms with Crippen LogP contribution in [-0.4, -0.2) is 19.6 Å². The van der Waals surface area contributed by atoms with Crippen molar-refractivity contribution in [3.05, 3.63) is 29.8 Å². The van der Waals surface area contributed by atoms with Crippen molar-refractivity contribution in [2.24, 2.45) is 5.92 Å². The quantitative estimate of drug-likeness (QED) is 0.637. The number of piperidine rings is 1. The second-order valence-corrected chi connectivity index (χ2v) is 4.88. The van der Waals surface area contributed by atoms with E-state index in [0.29, 0.717) is 0 Å². The van der Waals surface area contributed by atoms with Gasteiger partial charge in [-0.15, -0.1) is 0 Å². The fraction of sp³-hybridized carbons (Fsp3) is 0.462. The maximum Gasteiger partial charge on any atom is 0.132 e. The van der Waals surface area contributed by atoms with E-state index < -0.39 is 0 Å². The van der Waals surface area contributed by atoms with E-state index in [1.165, 1.54) is 42.6 Å². The number of quaternary nitrogens is 1. The second kappa shape index (κ2) is 3.08. The van der Waals surface area contributed by atoms with Gasteiger partial charge in [-0.05, 0) is 12.1 Å². The van der Waals surface area contributed by atoms with Gasteiger partial charge in [-0.1, -0.05) is 0 Å². The first-order chi connectivity index (χ1) is 7.32. The Morgan fingerprint density at radius 1 is 1.13 bits per heavy atom. The molecule has 2 nitrogen and oxygen atoms in total. The minimum Gasteiger partial charge on any atom is -0.291 e. The molecule has 15 heavy (non-hydrogen) atoms. The Morgan fingerprint density at radius 2 is 1.80 bits per heavy atom. The highest BCUT2D eigenvalue weighted by Gasteiger charge is 2.46. The molecule has 0 N–H and O–H groups in total. The number of nitrogens with zero attached hydrogens (tertiary/aromatic N) is 2. The van der Waals surface area contributed by atoms with Crippen molar-refractivity contribution in [3.8, 4) is 6.07 Å². The number of nitriles is 1. The molecule has 0 atom stereocenters. The standard InChI is InChI=1S/C13H15N2/c14-9-11-1-3-13(4-2-11)15-7-5-12(10-15)6-8-15/h1-4,12H,5-8,10H2/q+1. The van der Waals surface area contributed by atoms with Crippen molar-refractivity contribution in [2.75, 3.05) is 19.6 Å². The SMILES string of the molecule is N#Cc1ccc([N+]23CCC(CC2)C3)cc1. The number of benzene rings is 1. The highest BCUT2D eigenvalue weighted by Crippen LogP contribution is 2.39. The highest BCUT2D eigenvalue weighted by atomic mass is 15.4. The summed E-state index contributed by atoms with van der Waals surface area (Å²) in [6.45, 7) is 3.93. The molecule has 76 valence electrons. The molecule has 0 amide bonds. The van der Waals surface area contributed by atoms with Gasteiger partial charge in [0.1, 0.15) is 5.69 Å². The number of hydrogen-bond donors (Lipinski definition) is 0. The third kappa shape index (κ3) is 1.27. The van der Waals surface area contributed by atoms with Crippen LogP contribution in [0.3, 0.4) is 0 Å². The van der Waals surface area contributed by atoms with E-state index in [0.717, 1.165) is 11.5 Å². The summed E-state index contributed by atoms with van der Waals surface area (Å²) in [6, 6.07) is 10.4. The van der Waals surface area contributed by atoms with Gasteiger partial charge in [0.2, 0.25) is 0 Å². The van der Waals surface area contributed by atoms with Crippen molar-refractivity contribution >= 4 is 5.69 Å². The van der Waals surface area contributed by atoms with Crippen LogP contribution < -0.4 is 4.48 Å². The van der Waals surface area contributed by atoms with Crippen LogP contribution in [0, 0.1) is 17.2 Å². The van der Waals surface area contributed by atoms with E-state index in [1.807, 2.05) is 12.1 Å². The van der Waals surface area contributed by atoms with Crippen molar-refractivity contribution in [1.82, 2.24) is 4.48 Å². The second-order valence-electron chi connectivity index (χ2n) is 4.88. The predicted molar refractivity (Wildman–Crippen MR) is 60.3 cm³/mol. The monoisotopic (exact) mass is 199 g/mol. The fourth-order valence-electron chi connectivity index (χ4n) is 3.19. The molecule has 2 aliphatic rings. The van der Waals surface area contributed by atoms with E-state index in [1.54, 1.807) is 0 Å². The molecule has 2 aliphatic heterocycles. The summed E-state index contributed by atoms with van der Waals surface area (Å²) in [4.78, 5) is 0. The van der Waals surface area contributed by atoms with Crippen LogP contribution in [0.4, 0.5) is 5.69 Å². The number of hydrogen-bond acceptors (Lipinski definition) is 1. The maximum atomic E-state index is 8.77. The summed E-state index contributed by atoms with van der Waals surface area (Å²) >= 11 is 0. The summed E-state index contributed by atoms with van der Waals surface area (Å²) in [5, 5.41) is 8.77. The molecule has 1 aromatic carbocycles. The van der Waals surface area contributed by atoms with Crippen LogP contribution in [0.25, 0.3) is 0 Å². The Bertz CT molecular complexity index is 405. The lowest BCUT2D eigenvalue weighted by Gasteiger charge is -2.31. The fourth-order valence-corrected chi connectivity index (χ4v) is 3.19. The van der Waals surface area contributed by atoms with Crippen LogP contribution in [0.15, 0.2) is 24.3 Å². The molecule has 2 bridgehead atoms. The third-order valence-corrected chi connectivity index (χ3v) is 4.08. The van der Waals surface area contributed by atoms with E-state index in [-0.39, 0.29) is 0 Å². The zero-order valence-electron chi connectivity index (χ0n) is 8.82. The summed E-state index contributed by atoms with van der Waals surface area (Å²) in [7, 11) is 0. The summed E-state index contributed by atoms with van der Waals surface area (Å²) in [6.07, 6.45) is 2.78. The average molecular weight is 199 g/mol. The van der Waals surface area contributed by atoms with Gasteiger partial charge in [-0.25, -0.2) is 0 Å². The first-order valence-corrected chi connectivity index (χ1v) is 5.69. The van der Waals surface area contributed by atoms with Gasteiger partial charge in [0, 0.05) is 30.9 Å². The summed E-state index contributed by atoms with van der Waals surface area (Å²) < 4.78 is 1.18. The van der Waals surface area contributed by atoms with Gasteiger partial charge >= 0.3 is 0 Å². The van der Waals surface area contributed by atoms with Crippen LogP contribution in [0.1, 0.15) is 18.4 Å². The molecule has 0 spiro atoms. The van der Waals surface area contributed by atoms with E-state index in [9.17, 15) is 0 Å². The van der Waals surface area contributed by atoms with Crippen molar-refractivity contribution in [2.45, 2.75) is 12.8 Å². The van der Waals surface area contributed by atoms with Gasteiger partial charge < -0.3 is 0 Å². The van der Waals surface area contributed by atoms with E-state index in [4.69, 9.17) is 5.26 Å². The highest BCUT2D eigenvalue weighted by molar-refractivity contribution is 5.48. The van der Waals surface area contributed by atoms with Gasteiger partial charge in [-0.3, -0.25) is 4.48 Å². The lowest BCUT2D eigenvalue weighted by atomic mass is 10.1. The molecule has 0 aliphatic carbocycles. The lowest BCUT2D eigenvalue weighted by Crippen LogP contribution is -2.44. The molecular weight excluding hydrogens is 184 g/mol. The molecule has 0 radical (unpaired) electrons. The third-order valence-electron chi connectivity index (χ3n) is 4.08. The molecule has 2 heterocycles. The Morgan fingerprint density at radius 3 is 2.27 bits per heavy atom. The molecule has 2 fully saturated rings. The van der Waals surface area contributed by atoms with Crippen LogP contribution in [-0.2, 0) is 0 Å². The van der Waals surface area contributed by atoms with Gasteiger partial charge in [0.25, 0.3) is 0 Å². The molecular formula is C13H15N2+. The zero-order valence-corrected chi connectivity index (χ0v) is 8.82. The smallest absolute Gasteiger partial charge is 0.132 e. The predicted octanol–water partition coefficient (Wildman–Crippen LogP) is 2.29. The number of fused-ring (bicyclic) bond motifs is 2. The van der Waals surface area contributed by atoms with Gasteiger partial charge in [-0.2, -0.15) is 5.26 Å². The van der Waals surface area contributed by atoms with E-state index in [2.05, 4.69) is 18.2 Å². The topological polar surface area (TPSA) is 23.8 Å². The van der Waals surface area contributed by atoms with Crippen molar-refractivity contribution in [3.63, 3.8) is 0 Å². The Labute approximate surface area is 90.3 Å². The minimum absolute atomic E-state index is 0.770. The van der Waals surface area contributed by atoms with E-state index >= 15 is 0 Å². The van der Waals surface area contributed by atoms with Crippen LogP contribution >= 0.6 is 0 Å². The first kappa shape index (κ1) is 8.94. The lowest BCUT2D eigenvalue weighted by molar-refractivity contribution is 0.360. The van der Waals surface area contributed by atoms with Crippen LogP contribution in [0.2, 0.25) is 0 Å². The van der Waals surface area contributed by atoms with Gasteiger partial charge in [0.05, 0.1) is 31.3 Å². The minimum atomic E-state index is 0.770. The Kier molecular flexibility index (Phi) is 1.83. The molecule has 2 heteroatoms. The molecule has 0 saturated carbocycles. The largest absolute Gasteiger partial charge is 0.291 e. The molecule has 0 aromatic heterocycles. The molecule has 1 aromatic rings. The Hall–Kier alpha value is -1.33. The summed E-state index contributed by atoms with van der Waals surface area (Å²) in [5.41, 5.74) is 2.18. The van der Waals surface area contributed by atoms with Crippen molar-refractivity contribution < 1.29 is 0 Å². The average Bonchev–Trinajstić information content (AvgIpc) is 2.90. The molecule has 3 rings (SSSR count). The van der Waals surface area contributed by atoms with Gasteiger partial charge in [0.15, 0.2) is 0 Å². The molecule has 2 saturated heterocycles.